The predicted molar refractivity (Wildman–Crippen MR) is 118 cm³/mol. The first-order valence-electron chi connectivity index (χ1n) is 9.65. The van der Waals surface area contributed by atoms with E-state index in [1.807, 2.05) is 0 Å². The van der Waals surface area contributed by atoms with Gasteiger partial charge in [-0.1, -0.05) is 0 Å². The van der Waals surface area contributed by atoms with Crippen molar-refractivity contribution >= 4 is 0 Å². The van der Waals surface area contributed by atoms with Crippen LogP contribution in [0, 0.1) is 6.92 Å². The van der Waals surface area contributed by atoms with Crippen LogP contribution in [0.5, 0.6) is 34.5 Å². The van der Waals surface area contributed by atoms with Gasteiger partial charge in [0, 0.05) is 17.2 Å². The molecule has 0 spiro atoms. The molecule has 0 aliphatic rings. The minimum atomic E-state index is -0.636. The van der Waals surface area contributed by atoms with Gasteiger partial charge in [0.2, 0.25) is 16.9 Å². The molecule has 33 heavy (non-hydrogen) atoms. The molecule has 0 amide bonds. The summed E-state index contributed by atoms with van der Waals surface area (Å²) in [6.07, 6.45) is 0. The Morgan fingerprint density at radius 2 is 1.58 bits per heavy atom. The highest BCUT2D eigenvalue weighted by molar-refractivity contribution is 5.82. The first-order chi connectivity index (χ1) is 15.7. The van der Waals surface area contributed by atoms with E-state index in [9.17, 15) is 25.2 Å². The number of aromatic hydroxyl groups is 4. The molecule has 10 nitrogen and oxygen atoms in total. The van der Waals surface area contributed by atoms with Crippen LogP contribution in [-0.4, -0.2) is 44.6 Å². The summed E-state index contributed by atoms with van der Waals surface area (Å²) in [5.74, 6) is -1.03. The summed E-state index contributed by atoms with van der Waals surface area (Å²) >= 11 is 0. The largest absolute Gasteiger partial charge is 0.504 e. The lowest BCUT2D eigenvalue weighted by atomic mass is 10.1. The molecule has 0 saturated carbocycles. The highest BCUT2D eigenvalue weighted by Gasteiger charge is 2.23. The second-order valence-corrected chi connectivity index (χ2v) is 7.14. The van der Waals surface area contributed by atoms with E-state index in [0.717, 1.165) is 6.07 Å². The molecular weight excluding hydrogens is 432 g/mol. The summed E-state index contributed by atoms with van der Waals surface area (Å²) < 4.78 is 15.9. The Morgan fingerprint density at radius 3 is 2.27 bits per heavy atom. The van der Waals surface area contributed by atoms with Crippen molar-refractivity contribution in [2.75, 3.05) is 14.2 Å². The minimum Gasteiger partial charge on any atom is -0.504 e. The number of nitrogens with zero attached hydrogens (tertiary/aromatic N) is 1. The normalized spacial score (nSPS) is 10.9. The van der Waals surface area contributed by atoms with Gasteiger partial charge in [-0.25, -0.2) is 4.98 Å². The van der Waals surface area contributed by atoms with Gasteiger partial charge in [0.15, 0.2) is 28.8 Å². The van der Waals surface area contributed by atoms with Crippen LogP contribution in [0.4, 0.5) is 0 Å². The number of aryl methyl sites for hydroxylation is 1. The van der Waals surface area contributed by atoms with Crippen LogP contribution in [0.3, 0.4) is 0 Å². The smallest absolute Gasteiger partial charge is 0.227 e. The van der Waals surface area contributed by atoms with Gasteiger partial charge in [-0.3, -0.25) is 4.79 Å². The maximum atomic E-state index is 12.2. The van der Waals surface area contributed by atoms with Crippen molar-refractivity contribution in [3.8, 4) is 68.6 Å². The maximum absolute atomic E-state index is 12.2. The fourth-order valence-corrected chi connectivity index (χ4v) is 3.37. The van der Waals surface area contributed by atoms with Crippen molar-refractivity contribution in [2.24, 2.45) is 0 Å². The van der Waals surface area contributed by atoms with Crippen molar-refractivity contribution in [1.29, 1.82) is 0 Å². The number of aromatic amines is 1. The summed E-state index contributed by atoms with van der Waals surface area (Å²) in [7, 11) is 2.73. The van der Waals surface area contributed by atoms with Crippen molar-refractivity contribution < 1.29 is 34.3 Å². The number of methoxy groups -OCH3 is 2. The maximum Gasteiger partial charge on any atom is 0.227 e. The Morgan fingerprint density at radius 1 is 0.879 bits per heavy atom. The number of rotatable bonds is 5. The molecule has 4 aromatic rings. The van der Waals surface area contributed by atoms with Crippen LogP contribution in [0.1, 0.15) is 5.76 Å². The molecule has 2 aromatic carbocycles. The SMILES string of the molecule is COc1cc(-c2nc(-c3cc(O)c(O)c(OC)c3)[nH]c2-c2oc(C)cc(=O)c2O)ccc1O. The zero-order valence-electron chi connectivity index (χ0n) is 17.8. The van der Waals surface area contributed by atoms with Crippen LogP contribution in [0.2, 0.25) is 0 Å². The summed E-state index contributed by atoms with van der Waals surface area (Å²) in [6.45, 7) is 1.56. The summed E-state index contributed by atoms with van der Waals surface area (Å²) in [4.78, 5) is 19.8. The van der Waals surface area contributed by atoms with Crippen molar-refractivity contribution in [1.82, 2.24) is 9.97 Å². The highest BCUT2D eigenvalue weighted by atomic mass is 16.5. The molecule has 0 aliphatic heterocycles. The summed E-state index contributed by atoms with van der Waals surface area (Å²) in [5.41, 5.74) is 0.611. The zero-order chi connectivity index (χ0) is 23.9. The number of aromatic nitrogens is 2. The third-order valence-electron chi connectivity index (χ3n) is 4.98. The van der Waals surface area contributed by atoms with Crippen molar-refractivity contribution in [3.05, 3.63) is 52.4 Å². The van der Waals surface area contributed by atoms with Gasteiger partial charge in [-0.05, 0) is 37.3 Å². The molecule has 4 rings (SSSR count). The van der Waals surface area contributed by atoms with Crippen LogP contribution in [-0.2, 0) is 0 Å². The van der Waals surface area contributed by atoms with E-state index in [2.05, 4.69) is 9.97 Å². The van der Waals surface area contributed by atoms with Gasteiger partial charge in [-0.2, -0.15) is 0 Å². The van der Waals surface area contributed by atoms with E-state index >= 15 is 0 Å². The van der Waals surface area contributed by atoms with E-state index < -0.39 is 22.7 Å². The third kappa shape index (κ3) is 3.78. The number of H-pyrrole nitrogens is 1. The number of phenolic OH excluding ortho intramolecular Hbond substituents is 3. The van der Waals surface area contributed by atoms with E-state index in [1.54, 1.807) is 13.0 Å². The fraction of sp³-hybridized carbons (Fsp3) is 0.130. The van der Waals surface area contributed by atoms with Crippen LogP contribution in [0.25, 0.3) is 34.1 Å². The van der Waals surface area contributed by atoms with Gasteiger partial charge in [0.1, 0.15) is 23.0 Å². The molecular formula is C23H20N2O8. The van der Waals surface area contributed by atoms with Crippen molar-refractivity contribution in [3.63, 3.8) is 0 Å². The minimum absolute atomic E-state index is 0.0146. The Bertz CT molecular complexity index is 1420. The molecule has 0 aliphatic carbocycles. The van der Waals surface area contributed by atoms with Crippen LogP contribution < -0.4 is 14.9 Å². The van der Waals surface area contributed by atoms with Gasteiger partial charge >= 0.3 is 0 Å². The lowest BCUT2D eigenvalue weighted by Crippen LogP contribution is -2.01. The number of hydrogen-bond acceptors (Lipinski definition) is 9. The standard InChI is InChI=1S/C23H20N2O8/c1-10-6-14(27)21(30)22(33-10)19-18(11-4-5-13(26)16(8-11)31-2)24-23(25-19)12-7-15(28)20(29)17(9-12)32-3/h4-9,26,28-30H,1-3H3,(H,24,25). The lowest BCUT2D eigenvalue weighted by molar-refractivity contribution is 0.351. The van der Waals surface area contributed by atoms with E-state index in [4.69, 9.17) is 13.9 Å². The molecule has 5 N–H and O–H groups in total. The number of nitrogens with one attached hydrogen (secondary N) is 1. The molecule has 2 heterocycles. The fourth-order valence-electron chi connectivity index (χ4n) is 3.37. The number of benzene rings is 2. The third-order valence-corrected chi connectivity index (χ3v) is 4.98. The summed E-state index contributed by atoms with van der Waals surface area (Å²) in [6, 6.07) is 8.38. The van der Waals surface area contributed by atoms with Gasteiger partial charge in [-0.15, -0.1) is 0 Å². The Kier molecular flexibility index (Phi) is 5.34. The molecule has 10 heteroatoms. The molecule has 0 unspecified atom stereocenters. The van der Waals surface area contributed by atoms with Gasteiger partial charge in [0.05, 0.1) is 14.2 Å². The second-order valence-electron chi connectivity index (χ2n) is 7.14. The number of ether oxygens (including phenoxy) is 2. The monoisotopic (exact) mass is 452 g/mol. The average Bonchev–Trinajstić information content (AvgIpc) is 3.23. The molecule has 2 aromatic heterocycles. The van der Waals surface area contributed by atoms with E-state index in [-0.39, 0.29) is 46.0 Å². The second kappa shape index (κ2) is 8.15. The number of hydrogen-bond donors (Lipinski definition) is 5. The van der Waals surface area contributed by atoms with E-state index in [1.165, 1.54) is 38.5 Å². The molecule has 0 bridgehead atoms. The Hall–Kier alpha value is -4.60. The first-order valence-corrected chi connectivity index (χ1v) is 9.65. The lowest BCUT2D eigenvalue weighted by Gasteiger charge is -2.08. The van der Waals surface area contributed by atoms with Crippen LogP contribution in [0.15, 0.2) is 45.6 Å². The Labute approximate surface area is 186 Å². The van der Waals surface area contributed by atoms with Crippen molar-refractivity contribution in [2.45, 2.75) is 6.92 Å². The number of imidazole rings is 1. The summed E-state index contributed by atoms with van der Waals surface area (Å²) in [5, 5.41) is 40.4. The predicted octanol–water partition coefficient (Wildman–Crippen LogP) is 3.51. The molecule has 0 radical (unpaired) electrons. The van der Waals surface area contributed by atoms with Gasteiger partial charge < -0.3 is 39.3 Å². The van der Waals surface area contributed by atoms with E-state index in [0.29, 0.717) is 11.1 Å². The highest BCUT2D eigenvalue weighted by Crippen LogP contribution is 2.42. The Balaban J connectivity index is 2.01. The average molecular weight is 452 g/mol. The topological polar surface area (TPSA) is 158 Å². The van der Waals surface area contributed by atoms with Gasteiger partial charge in [0.25, 0.3) is 0 Å². The molecule has 170 valence electrons. The number of phenols is 3. The molecule has 0 fully saturated rings. The molecule has 0 saturated heterocycles. The quantitative estimate of drug-likeness (QED) is 0.286. The zero-order valence-corrected chi connectivity index (χ0v) is 17.8. The molecule has 0 atom stereocenters. The first kappa shape index (κ1) is 21.6. The van der Waals surface area contributed by atoms with Crippen LogP contribution >= 0.6 is 0 Å².